The number of nitrogens with zero attached hydrogens (tertiary/aromatic N) is 1. The van der Waals surface area contributed by atoms with Crippen molar-refractivity contribution in [2.24, 2.45) is 0 Å². The minimum atomic E-state index is -0.422. The molecule has 3 rings (SSSR count). The Balaban J connectivity index is 2.12. The molecule has 21 heavy (non-hydrogen) atoms. The second-order valence-electron chi connectivity index (χ2n) is 4.33. The van der Waals surface area contributed by atoms with Gasteiger partial charge in [-0.25, -0.2) is 9.78 Å². The topological polar surface area (TPSA) is 52.3 Å². The lowest BCUT2D eigenvalue weighted by Gasteiger charge is -2.00. The van der Waals surface area contributed by atoms with E-state index in [4.69, 9.17) is 32.4 Å². The molecule has 0 radical (unpaired) electrons. The summed E-state index contributed by atoms with van der Waals surface area (Å²) in [6.07, 6.45) is 0. The number of hydrogen-bond donors (Lipinski definition) is 0. The Hall–Kier alpha value is -2.04. The van der Waals surface area contributed by atoms with Crippen molar-refractivity contribution in [2.45, 2.75) is 0 Å². The van der Waals surface area contributed by atoms with Crippen molar-refractivity contribution in [1.82, 2.24) is 4.98 Å². The predicted molar refractivity (Wildman–Crippen MR) is 80.8 cm³/mol. The maximum Gasteiger partial charge on any atom is 0.337 e. The van der Waals surface area contributed by atoms with Gasteiger partial charge in [0.05, 0.1) is 17.7 Å². The number of fused-ring (bicyclic) bond motifs is 1. The van der Waals surface area contributed by atoms with Crippen LogP contribution in [0.5, 0.6) is 0 Å². The number of esters is 1. The first kappa shape index (κ1) is 13.9. The van der Waals surface area contributed by atoms with Crippen LogP contribution in [0.3, 0.4) is 0 Å². The van der Waals surface area contributed by atoms with E-state index < -0.39 is 5.97 Å². The van der Waals surface area contributed by atoms with E-state index in [0.717, 1.165) is 0 Å². The van der Waals surface area contributed by atoms with Crippen LogP contribution in [0.25, 0.3) is 22.6 Å². The second-order valence-corrected chi connectivity index (χ2v) is 5.17. The molecule has 0 aliphatic heterocycles. The molecule has 0 saturated carbocycles. The molecule has 2 aromatic carbocycles. The molecule has 1 heterocycles. The van der Waals surface area contributed by atoms with E-state index in [1.54, 1.807) is 36.4 Å². The van der Waals surface area contributed by atoms with Crippen LogP contribution in [0.4, 0.5) is 0 Å². The average molecular weight is 322 g/mol. The number of ether oxygens (including phenoxy) is 1. The van der Waals surface area contributed by atoms with E-state index in [2.05, 4.69) is 4.98 Å². The standard InChI is InChI=1S/C15H9Cl2NO3/c1-20-15(19)9-4-2-3-8(5-9)14-18-12-7-10(16)6-11(17)13(12)21-14/h2-7H,1H3. The zero-order valence-corrected chi connectivity index (χ0v) is 12.4. The molecule has 4 nitrogen and oxygen atoms in total. The minimum Gasteiger partial charge on any atom is -0.465 e. The zero-order valence-electron chi connectivity index (χ0n) is 10.9. The number of carbonyl (C=O) groups excluding carboxylic acids is 1. The maximum absolute atomic E-state index is 11.6. The summed E-state index contributed by atoms with van der Waals surface area (Å²) in [7, 11) is 1.33. The van der Waals surface area contributed by atoms with Gasteiger partial charge in [-0.3, -0.25) is 0 Å². The van der Waals surface area contributed by atoms with Crippen molar-refractivity contribution in [2.75, 3.05) is 7.11 Å². The molecule has 1 aromatic heterocycles. The Labute approximate surface area is 130 Å². The van der Waals surface area contributed by atoms with Crippen molar-refractivity contribution >= 4 is 40.3 Å². The first-order valence-corrected chi connectivity index (χ1v) is 6.78. The van der Waals surface area contributed by atoms with E-state index in [9.17, 15) is 4.79 Å². The molecule has 0 aliphatic rings. The number of oxazole rings is 1. The Morgan fingerprint density at radius 1 is 1.24 bits per heavy atom. The molecule has 0 bridgehead atoms. The van der Waals surface area contributed by atoms with Crippen LogP contribution < -0.4 is 0 Å². The smallest absolute Gasteiger partial charge is 0.337 e. The number of hydrogen-bond acceptors (Lipinski definition) is 4. The highest BCUT2D eigenvalue weighted by molar-refractivity contribution is 6.38. The summed E-state index contributed by atoms with van der Waals surface area (Å²) in [5.74, 6) is -0.0612. The van der Waals surface area contributed by atoms with Gasteiger partial charge in [0.15, 0.2) is 5.58 Å². The first-order valence-electron chi connectivity index (χ1n) is 6.03. The van der Waals surface area contributed by atoms with Crippen LogP contribution >= 0.6 is 23.2 Å². The number of aromatic nitrogens is 1. The highest BCUT2D eigenvalue weighted by Gasteiger charge is 2.14. The van der Waals surface area contributed by atoms with Crippen LogP contribution in [0.15, 0.2) is 40.8 Å². The van der Waals surface area contributed by atoms with Crippen LogP contribution in [-0.2, 0) is 4.74 Å². The number of benzene rings is 2. The van der Waals surface area contributed by atoms with E-state index in [0.29, 0.717) is 38.2 Å². The molecule has 106 valence electrons. The third-order valence-electron chi connectivity index (χ3n) is 2.94. The number of carbonyl (C=O) groups is 1. The van der Waals surface area contributed by atoms with E-state index in [1.807, 2.05) is 0 Å². The van der Waals surface area contributed by atoms with E-state index >= 15 is 0 Å². The predicted octanol–water partition coefficient (Wildman–Crippen LogP) is 4.59. The molecule has 0 spiro atoms. The van der Waals surface area contributed by atoms with Gasteiger partial charge in [-0.15, -0.1) is 0 Å². The quantitative estimate of drug-likeness (QED) is 0.648. The van der Waals surface area contributed by atoms with Gasteiger partial charge in [0.2, 0.25) is 5.89 Å². The number of halogens is 2. The SMILES string of the molecule is COC(=O)c1cccc(-c2nc3cc(Cl)cc(Cl)c3o2)c1. The molecule has 0 aliphatic carbocycles. The van der Waals surface area contributed by atoms with Crippen molar-refractivity contribution in [1.29, 1.82) is 0 Å². The lowest BCUT2D eigenvalue weighted by Crippen LogP contribution is -2.00. The van der Waals surface area contributed by atoms with Crippen molar-refractivity contribution < 1.29 is 13.9 Å². The summed E-state index contributed by atoms with van der Waals surface area (Å²) in [6, 6.07) is 10.1. The van der Waals surface area contributed by atoms with Gasteiger partial charge >= 0.3 is 5.97 Å². The fourth-order valence-electron chi connectivity index (χ4n) is 1.98. The lowest BCUT2D eigenvalue weighted by molar-refractivity contribution is 0.0601. The Morgan fingerprint density at radius 3 is 2.81 bits per heavy atom. The monoisotopic (exact) mass is 321 g/mol. The van der Waals surface area contributed by atoms with Crippen molar-refractivity contribution in [3.8, 4) is 11.5 Å². The highest BCUT2D eigenvalue weighted by Crippen LogP contribution is 2.32. The Bertz CT molecular complexity index is 842. The average Bonchev–Trinajstić information content (AvgIpc) is 2.91. The summed E-state index contributed by atoms with van der Waals surface area (Å²) >= 11 is 12.0. The van der Waals surface area contributed by atoms with Gasteiger partial charge in [-0.1, -0.05) is 29.3 Å². The summed E-state index contributed by atoms with van der Waals surface area (Å²) in [5.41, 5.74) is 2.09. The molecule has 3 aromatic rings. The minimum absolute atomic E-state index is 0.361. The number of methoxy groups -OCH3 is 1. The van der Waals surface area contributed by atoms with Crippen LogP contribution in [0.1, 0.15) is 10.4 Å². The van der Waals surface area contributed by atoms with Gasteiger partial charge in [0.25, 0.3) is 0 Å². The molecule has 0 N–H and O–H groups in total. The van der Waals surface area contributed by atoms with Gasteiger partial charge < -0.3 is 9.15 Å². The molecule has 6 heteroatoms. The molecule has 0 fully saturated rings. The van der Waals surface area contributed by atoms with Crippen LogP contribution in [0.2, 0.25) is 10.0 Å². The molecule has 0 amide bonds. The summed E-state index contributed by atoms with van der Waals surface area (Å²) in [5, 5.41) is 0.871. The normalized spacial score (nSPS) is 10.8. The summed E-state index contributed by atoms with van der Waals surface area (Å²) in [6.45, 7) is 0. The Kier molecular flexibility index (Phi) is 3.57. The van der Waals surface area contributed by atoms with Gasteiger partial charge in [-0.05, 0) is 30.3 Å². The molecular weight excluding hydrogens is 313 g/mol. The Morgan fingerprint density at radius 2 is 2.05 bits per heavy atom. The third-order valence-corrected chi connectivity index (χ3v) is 3.44. The zero-order chi connectivity index (χ0) is 15.0. The summed E-state index contributed by atoms with van der Waals surface area (Å²) < 4.78 is 10.3. The lowest BCUT2D eigenvalue weighted by atomic mass is 10.1. The van der Waals surface area contributed by atoms with Gasteiger partial charge in [0, 0.05) is 10.6 Å². The van der Waals surface area contributed by atoms with E-state index in [-0.39, 0.29) is 0 Å². The van der Waals surface area contributed by atoms with Crippen molar-refractivity contribution in [3.63, 3.8) is 0 Å². The fraction of sp³-hybridized carbons (Fsp3) is 0.0667. The highest BCUT2D eigenvalue weighted by atomic mass is 35.5. The largest absolute Gasteiger partial charge is 0.465 e. The first-order chi connectivity index (χ1) is 10.1. The molecular formula is C15H9Cl2NO3. The van der Waals surface area contributed by atoms with Gasteiger partial charge in [0.1, 0.15) is 5.52 Å². The number of rotatable bonds is 2. The molecule has 0 unspecified atom stereocenters. The van der Waals surface area contributed by atoms with E-state index in [1.165, 1.54) is 7.11 Å². The van der Waals surface area contributed by atoms with Crippen LogP contribution in [-0.4, -0.2) is 18.1 Å². The second kappa shape index (κ2) is 5.39. The molecule has 0 atom stereocenters. The van der Waals surface area contributed by atoms with Gasteiger partial charge in [-0.2, -0.15) is 0 Å². The fourth-order valence-corrected chi connectivity index (χ4v) is 2.50. The van der Waals surface area contributed by atoms with Crippen molar-refractivity contribution in [3.05, 3.63) is 52.0 Å². The third kappa shape index (κ3) is 2.60. The van der Waals surface area contributed by atoms with Crippen LogP contribution in [0, 0.1) is 0 Å². The summed E-state index contributed by atoms with van der Waals surface area (Å²) in [4.78, 5) is 15.9. The molecule has 0 saturated heterocycles. The maximum atomic E-state index is 11.6.